The number of hydrogen-bond donors (Lipinski definition) is 1. The lowest BCUT2D eigenvalue weighted by molar-refractivity contribution is 0.410. The number of hydrogen-bond acceptors (Lipinski definition) is 6. The van der Waals surface area contributed by atoms with E-state index in [0.717, 1.165) is 42.8 Å². The highest BCUT2D eigenvalue weighted by molar-refractivity contribution is 7.88. The van der Waals surface area contributed by atoms with Crippen LogP contribution in [0, 0.1) is 5.92 Å². The predicted octanol–water partition coefficient (Wildman–Crippen LogP) is 0.129. The van der Waals surface area contributed by atoms with Crippen molar-refractivity contribution in [1.82, 2.24) is 24.5 Å². The number of nitrogens with zero attached hydrogens (tertiary/aromatic N) is 5. The first kappa shape index (κ1) is 15.2. The van der Waals surface area contributed by atoms with Crippen LogP contribution in [-0.2, 0) is 17.1 Å². The van der Waals surface area contributed by atoms with Gasteiger partial charge >= 0.3 is 0 Å². The van der Waals surface area contributed by atoms with E-state index >= 15 is 0 Å². The molecule has 22 heavy (non-hydrogen) atoms. The summed E-state index contributed by atoms with van der Waals surface area (Å²) in [6.07, 6.45) is 6.56. The summed E-state index contributed by atoms with van der Waals surface area (Å²) in [5, 5.41) is 5.17. The summed E-state index contributed by atoms with van der Waals surface area (Å²) in [7, 11) is -1.29. The Balaban J connectivity index is 1.79. The fraction of sp³-hybridized carbons (Fsp3) is 0.615. The van der Waals surface area contributed by atoms with Crippen LogP contribution in [-0.4, -0.2) is 54.1 Å². The number of aromatic nitrogens is 4. The van der Waals surface area contributed by atoms with Crippen molar-refractivity contribution in [3.8, 4) is 0 Å². The molecule has 9 heteroatoms. The molecule has 1 fully saturated rings. The van der Waals surface area contributed by atoms with Crippen molar-refractivity contribution in [2.24, 2.45) is 13.0 Å². The summed E-state index contributed by atoms with van der Waals surface area (Å²) in [6, 6.07) is 0. The second-order valence-corrected chi connectivity index (χ2v) is 7.61. The Kier molecular flexibility index (Phi) is 4.00. The van der Waals surface area contributed by atoms with Crippen LogP contribution < -0.4 is 9.62 Å². The number of rotatable bonds is 4. The van der Waals surface area contributed by atoms with Gasteiger partial charge in [0.2, 0.25) is 10.0 Å². The van der Waals surface area contributed by atoms with Crippen LogP contribution in [0.4, 0.5) is 5.82 Å². The number of sulfonamides is 1. The van der Waals surface area contributed by atoms with Crippen LogP contribution in [0.3, 0.4) is 0 Å². The molecule has 0 radical (unpaired) electrons. The molecule has 1 aliphatic heterocycles. The molecular formula is C13H20N6O2S. The molecule has 1 aliphatic rings. The van der Waals surface area contributed by atoms with Gasteiger partial charge in [-0.15, -0.1) is 0 Å². The van der Waals surface area contributed by atoms with Gasteiger partial charge in [-0.1, -0.05) is 0 Å². The Morgan fingerprint density at radius 3 is 3.00 bits per heavy atom. The normalized spacial score (nSPS) is 19.7. The molecule has 1 saturated heterocycles. The van der Waals surface area contributed by atoms with E-state index in [2.05, 4.69) is 24.7 Å². The van der Waals surface area contributed by atoms with Crippen molar-refractivity contribution in [2.45, 2.75) is 12.8 Å². The SMILES string of the molecule is Cn1ncc2c(N3CCC[C@H](CNS(C)(=O)=O)C3)ncnc21. The van der Waals surface area contributed by atoms with Crippen molar-refractivity contribution in [3.05, 3.63) is 12.5 Å². The quantitative estimate of drug-likeness (QED) is 0.859. The van der Waals surface area contributed by atoms with Crippen molar-refractivity contribution >= 4 is 26.9 Å². The first-order valence-corrected chi connectivity index (χ1v) is 9.15. The van der Waals surface area contributed by atoms with Gasteiger partial charge in [0.1, 0.15) is 12.1 Å². The number of piperidine rings is 1. The lowest BCUT2D eigenvalue weighted by Crippen LogP contribution is -2.41. The molecule has 1 N–H and O–H groups in total. The topological polar surface area (TPSA) is 93.0 Å². The van der Waals surface area contributed by atoms with Gasteiger partial charge in [-0.3, -0.25) is 4.68 Å². The maximum Gasteiger partial charge on any atom is 0.208 e. The lowest BCUT2D eigenvalue weighted by atomic mass is 9.98. The van der Waals surface area contributed by atoms with Crippen LogP contribution in [0.2, 0.25) is 0 Å². The van der Waals surface area contributed by atoms with Crippen LogP contribution >= 0.6 is 0 Å². The van der Waals surface area contributed by atoms with E-state index in [1.165, 1.54) is 6.26 Å². The van der Waals surface area contributed by atoms with Gasteiger partial charge in [0.15, 0.2) is 5.65 Å². The standard InChI is InChI=1S/C13H20N6O2S/c1-18-12-11(7-16-18)13(15-9-14-12)19-5-3-4-10(8-19)6-17-22(2,20)21/h7,9-10,17H,3-6,8H2,1-2H3/t10-/m1/s1. The molecule has 3 rings (SSSR count). The number of anilines is 1. The van der Waals surface area contributed by atoms with E-state index in [1.807, 2.05) is 7.05 Å². The third-order valence-electron chi connectivity index (χ3n) is 3.96. The summed E-state index contributed by atoms with van der Waals surface area (Å²) in [4.78, 5) is 10.9. The first-order chi connectivity index (χ1) is 10.4. The summed E-state index contributed by atoms with van der Waals surface area (Å²) in [5.74, 6) is 1.16. The Bertz CT molecular complexity index is 772. The molecule has 0 spiro atoms. The maximum atomic E-state index is 11.2. The van der Waals surface area contributed by atoms with Gasteiger partial charge < -0.3 is 4.90 Å². The van der Waals surface area contributed by atoms with Gasteiger partial charge in [0, 0.05) is 26.7 Å². The molecule has 8 nitrogen and oxygen atoms in total. The predicted molar refractivity (Wildman–Crippen MR) is 84.1 cm³/mol. The van der Waals surface area contributed by atoms with E-state index in [0.29, 0.717) is 6.54 Å². The van der Waals surface area contributed by atoms with Crippen LogP contribution in [0.15, 0.2) is 12.5 Å². The van der Waals surface area contributed by atoms with E-state index in [9.17, 15) is 8.42 Å². The number of fused-ring (bicyclic) bond motifs is 1. The first-order valence-electron chi connectivity index (χ1n) is 7.26. The fourth-order valence-corrected chi connectivity index (χ4v) is 3.43. The molecule has 0 saturated carbocycles. The zero-order valence-electron chi connectivity index (χ0n) is 12.7. The molecule has 2 aromatic heterocycles. The van der Waals surface area contributed by atoms with Crippen molar-refractivity contribution < 1.29 is 8.42 Å². The van der Waals surface area contributed by atoms with Gasteiger partial charge in [0.05, 0.1) is 17.8 Å². The van der Waals surface area contributed by atoms with Gasteiger partial charge in [-0.05, 0) is 18.8 Å². The van der Waals surface area contributed by atoms with Crippen molar-refractivity contribution in [2.75, 3.05) is 30.8 Å². The van der Waals surface area contributed by atoms with Gasteiger partial charge in [-0.2, -0.15) is 5.10 Å². The van der Waals surface area contributed by atoms with E-state index in [-0.39, 0.29) is 5.92 Å². The molecule has 120 valence electrons. The lowest BCUT2D eigenvalue weighted by Gasteiger charge is -2.33. The van der Waals surface area contributed by atoms with E-state index in [1.54, 1.807) is 17.2 Å². The summed E-state index contributed by atoms with van der Waals surface area (Å²) >= 11 is 0. The van der Waals surface area contributed by atoms with Crippen LogP contribution in [0.5, 0.6) is 0 Å². The fourth-order valence-electron chi connectivity index (χ4n) is 2.89. The number of aryl methyl sites for hydroxylation is 1. The molecule has 0 unspecified atom stereocenters. The molecule has 0 bridgehead atoms. The van der Waals surface area contributed by atoms with Crippen LogP contribution in [0.1, 0.15) is 12.8 Å². The minimum Gasteiger partial charge on any atom is -0.356 e. The third kappa shape index (κ3) is 3.20. The van der Waals surface area contributed by atoms with Gasteiger partial charge in [-0.25, -0.2) is 23.1 Å². The zero-order chi connectivity index (χ0) is 15.7. The Labute approximate surface area is 129 Å². The van der Waals surface area contributed by atoms with Gasteiger partial charge in [0.25, 0.3) is 0 Å². The van der Waals surface area contributed by atoms with Crippen LogP contribution in [0.25, 0.3) is 11.0 Å². The van der Waals surface area contributed by atoms with Crippen molar-refractivity contribution in [3.63, 3.8) is 0 Å². The Morgan fingerprint density at radius 1 is 1.41 bits per heavy atom. The summed E-state index contributed by atoms with van der Waals surface area (Å²) in [6.45, 7) is 2.16. The average Bonchev–Trinajstić information content (AvgIpc) is 2.87. The largest absolute Gasteiger partial charge is 0.356 e. The zero-order valence-corrected chi connectivity index (χ0v) is 13.5. The molecule has 0 aromatic carbocycles. The molecule has 3 heterocycles. The highest BCUT2D eigenvalue weighted by atomic mass is 32.2. The van der Waals surface area contributed by atoms with Crippen molar-refractivity contribution in [1.29, 1.82) is 0 Å². The minimum atomic E-state index is -3.14. The molecule has 0 amide bonds. The Hall–Kier alpha value is -1.74. The molecule has 0 aliphatic carbocycles. The van der Waals surface area contributed by atoms with E-state index in [4.69, 9.17) is 0 Å². The monoisotopic (exact) mass is 324 g/mol. The maximum absolute atomic E-state index is 11.2. The smallest absolute Gasteiger partial charge is 0.208 e. The summed E-state index contributed by atoms with van der Waals surface area (Å²) in [5.41, 5.74) is 0.807. The average molecular weight is 324 g/mol. The molecular weight excluding hydrogens is 304 g/mol. The number of nitrogens with one attached hydrogen (secondary N) is 1. The van der Waals surface area contributed by atoms with E-state index < -0.39 is 10.0 Å². The summed E-state index contributed by atoms with van der Waals surface area (Å²) < 4.78 is 26.8. The minimum absolute atomic E-state index is 0.283. The highest BCUT2D eigenvalue weighted by Crippen LogP contribution is 2.26. The second-order valence-electron chi connectivity index (χ2n) is 5.78. The third-order valence-corrected chi connectivity index (χ3v) is 4.65. The second kappa shape index (κ2) is 5.81. The molecule has 1 atom stereocenters. The Morgan fingerprint density at radius 2 is 2.23 bits per heavy atom. The molecule has 2 aromatic rings. The highest BCUT2D eigenvalue weighted by Gasteiger charge is 2.23.